The Morgan fingerprint density at radius 2 is 0.536 bits per heavy atom. The van der Waals surface area contributed by atoms with Crippen LogP contribution in [0.4, 0.5) is 0 Å². The number of ether oxygens (including phenoxy) is 8. The Kier molecular flexibility index (Phi) is 12.0. The average molecular weight is 795 g/mol. The Balaban J connectivity index is 1.82. The van der Waals surface area contributed by atoms with Gasteiger partial charge in [-0.05, 0) is 109 Å². The van der Waals surface area contributed by atoms with Crippen molar-refractivity contribution in [1.29, 1.82) is 0 Å². The van der Waals surface area contributed by atoms with E-state index in [0.29, 0.717) is 89.0 Å². The Bertz CT molecular complexity index is 2120. The largest absolute Gasteiger partial charge is 0.497 e. The third-order valence-corrected chi connectivity index (χ3v) is 15.9. The Morgan fingerprint density at radius 3 is 0.732 bits per heavy atom. The molecule has 0 aliphatic heterocycles. The fourth-order valence-corrected chi connectivity index (χ4v) is 12.4. The van der Waals surface area contributed by atoms with E-state index in [-0.39, 0.29) is 0 Å². The first-order valence-corrected chi connectivity index (χ1v) is 20.9. The molecule has 0 heterocycles. The summed E-state index contributed by atoms with van der Waals surface area (Å²) >= 11 is 0. The van der Waals surface area contributed by atoms with Gasteiger partial charge in [-0.3, -0.25) is 0 Å². The van der Waals surface area contributed by atoms with Gasteiger partial charge < -0.3 is 47.0 Å². The lowest BCUT2D eigenvalue weighted by Crippen LogP contribution is -2.30. The van der Waals surface area contributed by atoms with Crippen LogP contribution in [0.5, 0.6) is 46.0 Å². The van der Waals surface area contributed by atoms with Gasteiger partial charge in [0.15, 0.2) is 14.3 Å². The lowest BCUT2D eigenvalue weighted by atomic mass is 10.0. The molecule has 0 bridgehead atoms. The van der Waals surface area contributed by atoms with Gasteiger partial charge in [0.1, 0.15) is 46.0 Å². The van der Waals surface area contributed by atoms with E-state index in [1.54, 1.807) is 150 Å². The Morgan fingerprint density at radius 1 is 0.304 bits per heavy atom. The summed E-state index contributed by atoms with van der Waals surface area (Å²) in [5.74, 6) is 3.78. The summed E-state index contributed by atoms with van der Waals surface area (Å²) in [7, 11) is 4.63. The lowest BCUT2D eigenvalue weighted by molar-refractivity contribution is 0.392. The van der Waals surface area contributed by atoms with Crippen molar-refractivity contribution in [3.63, 3.8) is 0 Å². The third-order valence-electron chi connectivity index (χ3n) is 9.69. The highest BCUT2D eigenvalue weighted by atomic mass is 31.2. The topological polar surface area (TPSA) is 108 Å². The standard InChI is InChI=1S/C44H44O10P2/c1-47-29-9-17-35(18-10-29)55(45,36-19-11-30(48-2)12-20-36)41-27-33(51-5)25-39(53-7)43(41)44-40(54-8)26-34(52-6)28-42(44)56(46,37-21-13-31(49-3)14-22-37)38-23-15-32(50-4)16-24-38/h9-28H,1-8H3. The maximum atomic E-state index is 16.6. The summed E-state index contributed by atoms with van der Waals surface area (Å²) in [5.41, 5.74) is 0.778. The molecule has 0 unspecified atom stereocenters. The Labute approximate surface area is 327 Å². The van der Waals surface area contributed by atoms with E-state index in [2.05, 4.69) is 0 Å². The predicted octanol–water partition coefficient (Wildman–Crippen LogP) is 6.70. The van der Waals surface area contributed by atoms with Gasteiger partial charge in [-0.15, -0.1) is 0 Å². The molecule has 0 aliphatic carbocycles. The van der Waals surface area contributed by atoms with Gasteiger partial charge in [-0.2, -0.15) is 0 Å². The summed E-state index contributed by atoms with van der Waals surface area (Å²) < 4.78 is 79.1. The van der Waals surface area contributed by atoms with Gasteiger partial charge in [0.05, 0.1) is 56.9 Å². The molecule has 6 aromatic carbocycles. The zero-order valence-corrected chi connectivity index (χ0v) is 34.3. The van der Waals surface area contributed by atoms with Crippen LogP contribution >= 0.6 is 14.3 Å². The summed E-state index contributed by atoms with van der Waals surface area (Å²) in [5, 5.41) is 2.71. The van der Waals surface area contributed by atoms with Crippen LogP contribution in [0.25, 0.3) is 11.1 Å². The minimum absolute atomic E-state index is 0.308. The minimum atomic E-state index is -3.89. The SMILES string of the molecule is COc1ccc(P(=O)(c2ccc(OC)cc2)c2cc(OC)cc(OC)c2-c2c(OC)cc(OC)cc2P(=O)(c2ccc(OC)cc2)c2ccc(OC)cc2)cc1. The van der Waals surface area contributed by atoms with Crippen LogP contribution in [-0.4, -0.2) is 56.9 Å². The molecule has 0 saturated carbocycles. The molecule has 0 amide bonds. The van der Waals surface area contributed by atoms with Crippen LogP contribution in [0.2, 0.25) is 0 Å². The second kappa shape index (κ2) is 16.9. The highest BCUT2D eigenvalue weighted by molar-refractivity contribution is 7.86. The molecule has 0 fully saturated rings. The summed E-state index contributed by atoms with van der Waals surface area (Å²) in [6.07, 6.45) is 0. The second-order valence-electron chi connectivity index (χ2n) is 12.5. The summed E-state index contributed by atoms with van der Waals surface area (Å²) in [6.45, 7) is 0. The van der Waals surface area contributed by atoms with Gasteiger partial charge >= 0.3 is 0 Å². The van der Waals surface area contributed by atoms with Crippen molar-refractivity contribution in [3.05, 3.63) is 121 Å². The van der Waals surface area contributed by atoms with E-state index >= 15 is 9.13 Å². The second-order valence-corrected chi connectivity index (χ2v) is 17.9. The zero-order valence-electron chi connectivity index (χ0n) is 32.5. The van der Waals surface area contributed by atoms with E-state index in [0.717, 1.165) is 0 Å². The van der Waals surface area contributed by atoms with E-state index < -0.39 is 14.3 Å². The van der Waals surface area contributed by atoms with E-state index in [1.807, 2.05) is 0 Å². The van der Waals surface area contributed by atoms with Gasteiger partial charge in [-0.25, -0.2) is 0 Å². The van der Waals surface area contributed by atoms with Crippen molar-refractivity contribution >= 4 is 46.1 Å². The maximum Gasteiger partial charge on any atom is 0.171 e. The predicted molar refractivity (Wildman–Crippen MR) is 223 cm³/mol. The van der Waals surface area contributed by atoms with Crippen LogP contribution in [0.1, 0.15) is 0 Å². The molecule has 0 aliphatic rings. The van der Waals surface area contributed by atoms with Crippen molar-refractivity contribution in [2.24, 2.45) is 0 Å². The van der Waals surface area contributed by atoms with Crippen molar-refractivity contribution < 1.29 is 47.0 Å². The van der Waals surface area contributed by atoms with Crippen LogP contribution in [-0.2, 0) is 9.13 Å². The third kappa shape index (κ3) is 7.18. The molecule has 0 spiro atoms. The van der Waals surface area contributed by atoms with Crippen molar-refractivity contribution in [2.75, 3.05) is 56.9 Å². The highest BCUT2D eigenvalue weighted by Gasteiger charge is 2.40. The molecule has 6 rings (SSSR count). The van der Waals surface area contributed by atoms with E-state index in [4.69, 9.17) is 37.9 Å². The van der Waals surface area contributed by atoms with Crippen LogP contribution in [0, 0.1) is 0 Å². The quantitative estimate of drug-likeness (QED) is 0.104. The maximum absolute atomic E-state index is 16.6. The lowest BCUT2D eigenvalue weighted by Gasteiger charge is -2.29. The molecular formula is C44H44O10P2. The van der Waals surface area contributed by atoms with E-state index in [1.165, 1.54) is 28.4 Å². The number of methoxy groups -OCH3 is 8. The molecule has 12 heteroatoms. The Hall–Kier alpha value is -5.82. The van der Waals surface area contributed by atoms with Crippen molar-refractivity contribution in [1.82, 2.24) is 0 Å². The fourth-order valence-electron chi connectivity index (χ4n) is 6.73. The van der Waals surface area contributed by atoms with Gasteiger partial charge in [-0.1, -0.05) is 0 Å². The van der Waals surface area contributed by atoms with Crippen LogP contribution in [0.3, 0.4) is 0 Å². The monoisotopic (exact) mass is 794 g/mol. The molecule has 6 aromatic rings. The van der Waals surface area contributed by atoms with Gasteiger partial charge in [0.2, 0.25) is 0 Å². The molecule has 290 valence electrons. The number of hydrogen-bond donors (Lipinski definition) is 0. The molecule has 56 heavy (non-hydrogen) atoms. The first kappa shape index (κ1) is 39.9. The van der Waals surface area contributed by atoms with Crippen LogP contribution in [0.15, 0.2) is 121 Å². The number of rotatable bonds is 15. The first-order valence-electron chi connectivity index (χ1n) is 17.5. The molecular weight excluding hydrogens is 750 g/mol. The van der Waals surface area contributed by atoms with Crippen LogP contribution < -0.4 is 69.7 Å². The highest BCUT2D eigenvalue weighted by Crippen LogP contribution is 2.54. The van der Waals surface area contributed by atoms with Crippen molar-refractivity contribution in [3.8, 4) is 57.1 Å². The molecule has 0 atom stereocenters. The average Bonchev–Trinajstić information content (AvgIpc) is 3.27. The fraction of sp³-hybridized carbons (Fsp3) is 0.182. The molecule has 10 nitrogen and oxygen atoms in total. The minimum Gasteiger partial charge on any atom is -0.497 e. The summed E-state index contributed by atoms with van der Waals surface area (Å²) in [6, 6.07) is 35.3. The van der Waals surface area contributed by atoms with Gasteiger partial charge in [0, 0.05) is 55.1 Å². The number of benzene rings is 6. The normalized spacial score (nSPS) is 11.4. The zero-order chi connectivity index (χ0) is 40.0. The van der Waals surface area contributed by atoms with E-state index in [9.17, 15) is 0 Å². The number of hydrogen-bond acceptors (Lipinski definition) is 10. The molecule has 0 radical (unpaired) electrons. The smallest absolute Gasteiger partial charge is 0.171 e. The first-order chi connectivity index (χ1) is 27.1. The molecule has 0 N–H and O–H groups in total. The molecule has 0 saturated heterocycles. The van der Waals surface area contributed by atoms with Crippen molar-refractivity contribution in [2.45, 2.75) is 0 Å². The molecule has 0 aromatic heterocycles. The van der Waals surface area contributed by atoms with Gasteiger partial charge in [0.25, 0.3) is 0 Å². The summed E-state index contributed by atoms with van der Waals surface area (Å²) in [4.78, 5) is 0.